The number of hydrogen-bond acceptors (Lipinski definition) is 3. The van der Waals surface area contributed by atoms with E-state index in [0.717, 1.165) is 26.9 Å². The average Bonchev–Trinajstić information content (AvgIpc) is 3.11. The number of nitrogens with zero attached hydrogens (tertiary/aromatic N) is 3. The summed E-state index contributed by atoms with van der Waals surface area (Å²) in [7, 11) is 3.15. The Bertz CT molecular complexity index is 1330. The summed E-state index contributed by atoms with van der Waals surface area (Å²) in [5.74, 6) is 0. The van der Waals surface area contributed by atoms with Gasteiger partial charge in [0.15, 0.2) is 0 Å². The molecule has 0 amide bonds. The Morgan fingerprint density at radius 1 is 0.964 bits per heavy atom. The molecule has 0 bridgehead atoms. The van der Waals surface area contributed by atoms with Gasteiger partial charge in [-0.05, 0) is 24.6 Å². The van der Waals surface area contributed by atoms with E-state index in [1.165, 1.54) is 11.6 Å². The van der Waals surface area contributed by atoms with Crippen molar-refractivity contribution in [3.63, 3.8) is 0 Å². The molecule has 0 unspecified atom stereocenters. The van der Waals surface area contributed by atoms with Crippen LogP contribution in [0.3, 0.4) is 0 Å². The smallest absolute Gasteiger partial charge is 0.330 e. The zero-order valence-electron chi connectivity index (χ0n) is 16.0. The molecule has 142 valence electrons. The van der Waals surface area contributed by atoms with Crippen LogP contribution in [0.1, 0.15) is 11.1 Å². The van der Waals surface area contributed by atoms with Gasteiger partial charge in [-0.15, -0.1) is 0 Å². The maximum Gasteiger partial charge on any atom is 0.330 e. The Labute approximate surface area is 161 Å². The summed E-state index contributed by atoms with van der Waals surface area (Å²) >= 11 is 0. The van der Waals surface area contributed by atoms with Crippen LogP contribution in [0.4, 0.5) is 0 Å². The second-order valence-corrected chi connectivity index (χ2v) is 6.97. The van der Waals surface area contributed by atoms with Crippen LogP contribution in [0, 0.1) is 6.92 Å². The number of aliphatic hydroxyl groups excluding tert-OH is 1. The van der Waals surface area contributed by atoms with Gasteiger partial charge in [0.05, 0.1) is 28.9 Å². The molecule has 0 saturated carbocycles. The molecule has 2 heterocycles. The molecule has 0 saturated heterocycles. The molecule has 0 aliphatic heterocycles. The summed E-state index contributed by atoms with van der Waals surface area (Å²) in [5, 5.41) is 10.3. The molecule has 6 heteroatoms. The highest BCUT2D eigenvalue weighted by atomic mass is 16.3. The van der Waals surface area contributed by atoms with Gasteiger partial charge in [-0.2, -0.15) is 0 Å². The molecule has 0 atom stereocenters. The number of aromatic nitrogens is 3. The van der Waals surface area contributed by atoms with E-state index in [2.05, 4.69) is 0 Å². The molecule has 1 N–H and O–H groups in total. The normalized spacial score (nSPS) is 11.3. The van der Waals surface area contributed by atoms with E-state index in [4.69, 9.17) is 0 Å². The molecule has 2 aromatic carbocycles. The second-order valence-electron chi connectivity index (χ2n) is 6.97. The molecule has 2 aromatic heterocycles. The van der Waals surface area contributed by atoms with Crippen LogP contribution in [0.2, 0.25) is 0 Å². The minimum atomic E-state index is -0.374. The molecule has 0 spiro atoms. The van der Waals surface area contributed by atoms with E-state index in [-0.39, 0.29) is 17.9 Å². The first-order valence-corrected chi connectivity index (χ1v) is 9.01. The molecule has 6 nitrogen and oxygen atoms in total. The lowest BCUT2D eigenvalue weighted by molar-refractivity contribution is 0.281. The summed E-state index contributed by atoms with van der Waals surface area (Å²) in [5.41, 5.74) is 3.99. The highest BCUT2D eigenvalue weighted by molar-refractivity contribution is 5.95. The zero-order valence-corrected chi connectivity index (χ0v) is 16.0. The third-order valence-electron chi connectivity index (χ3n) is 5.15. The highest BCUT2D eigenvalue weighted by Gasteiger charge is 2.21. The molecule has 0 aliphatic carbocycles. The lowest BCUT2D eigenvalue weighted by Crippen LogP contribution is -2.36. The lowest BCUT2D eigenvalue weighted by Gasteiger charge is -2.13. The SMILES string of the molecule is Cc1cccc(-c2c3c(=O)n(C)c(=O)n(C)c3cn2-c2ccccc2CO)c1. The van der Waals surface area contributed by atoms with Gasteiger partial charge in [0, 0.05) is 25.9 Å². The third-order valence-corrected chi connectivity index (χ3v) is 5.15. The summed E-state index contributed by atoms with van der Waals surface area (Å²) in [6, 6.07) is 15.4. The number of aliphatic hydroxyl groups is 1. The van der Waals surface area contributed by atoms with Crippen LogP contribution >= 0.6 is 0 Å². The predicted octanol–water partition coefficient (Wildman–Crippen LogP) is 2.50. The monoisotopic (exact) mass is 375 g/mol. The standard InChI is InChI=1S/C22H21N3O3/c1-14-7-6-9-15(11-14)20-19-18(23(2)22(28)24(3)21(19)27)12-25(20)17-10-5-4-8-16(17)13-26/h4-12,26H,13H2,1-3H3. The first kappa shape index (κ1) is 18.0. The first-order chi connectivity index (χ1) is 13.4. The molecule has 4 rings (SSSR count). The Hall–Kier alpha value is -3.38. The van der Waals surface area contributed by atoms with Gasteiger partial charge in [-0.25, -0.2) is 4.79 Å². The van der Waals surface area contributed by atoms with Crippen molar-refractivity contribution >= 4 is 10.9 Å². The van der Waals surface area contributed by atoms with Gasteiger partial charge in [0.25, 0.3) is 5.56 Å². The van der Waals surface area contributed by atoms with Gasteiger partial charge in [-0.3, -0.25) is 13.9 Å². The van der Waals surface area contributed by atoms with Crippen molar-refractivity contribution in [2.24, 2.45) is 14.1 Å². The average molecular weight is 375 g/mol. The fourth-order valence-corrected chi connectivity index (χ4v) is 3.69. The molecule has 0 aliphatic rings. The summed E-state index contributed by atoms with van der Waals surface area (Å²) in [6.07, 6.45) is 1.80. The van der Waals surface area contributed by atoms with Crippen LogP contribution in [-0.2, 0) is 20.7 Å². The van der Waals surface area contributed by atoms with Crippen molar-refractivity contribution in [3.8, 4) is 16.9 Å². The van der Waals surface area contributed by atoms with Gasteiger partial charge in [-0.1, -0.05) is 42.0 Å². The van der Waals surface area contributed by atoms with Gasteiger partial charge < -0.3 is 9.67 Å². The molecular weight excluding hydrogens is 354 g/mol. The van der Waals surface area contributed by atoms with Crippen LogP contribution in [0.15, 0.2) is 64.3 Å². The van der Waals surface area contributed by atoms with E-state index in [1.54, 1.807) is 13.2 Å². The van der Waals surface area contributed by atoms with Crippen LogP contribution in [-0.4, -0.2) is 18.8 Å². The number of benzene rings is 2. The Morgan fingerprint density at radius 3 is 2.43 bits per heavy atom. The summed E-state index contributed by atoms with van der Waals surface area (Å²) in [6.45, 7) is 1.86. The van der Waals surface area contributed by atoms with Gasteiger partial charge in [0.2, 0.25) is 0 Å². The van der Waals surface area contributed by atoms with Crippen molar-refractivity contribution < 1.29 is 5.11 Å². The Balaban J connectivity index is 2.24. The van der Waals surface area contributed by atoms with Crippen molar-refractivity contribution in [1.29, 1.82) is 0 Å². The highest BCUT2D eigenvalue weighted by Crippen LogP contribution is 2.32. The number of hydrogen-bond donors (Lipinski definition) is 1. The maximum absolute atomic E-state index is 13.1. The summed E-state index contributed by atoms with van der Waals surface area (Å²) < 4.78 is 4.50. The molecule has 0 fully saturated rings. The van der Waals surface area contributed by atoms with Crippen LogP contribution in [0.25, 0.3) is 27.8 Å². The molecule has 4 aromatic rings. The fourth-order valence-electron chi connectivity index (χ4n) is 3.69. The quantitative estimate of drug-likeness (QED) is 0.598. The van der Waals surface area contributed by atoms with E-state index >= 15 is 0 Å². The molecule has 28 heavy (non-hydrogen) atoms. The number of rotatable bonds is 3. The van der Waals surface area contributed by atoms with Crippen molar-refractivity contribution in [1.82, 2.24) is 13.7 Å². The number of para-hydroxylation sites is 1. The van der Waals surface area contributed by atoms with Crippen LogP contribution in [0.5, 0.6) is 0 Å². The van der Waals surface area contributed by atoms with E-state index < -0.39 is 0 Å². The second kappa shape index (κ2) is 6.65. The largest absolute Gasteiger partial charge is 0.392 e. The van der Waals surface area contributed by atoms with Gasteiger partial charge in [0.1, 0.15) is 0 Å². The van der Waals surface area contributed by atoms with Gasteiger partial charge >= 0.3 is 5.69 Å². The number of aryl methyl sites for hydroxylation is 2. The minimum absolute atomic E-state index is 0.130. The lowest BCUT2D eigenvalue weighted by atomic mass is 10.1. The van der Waals surface area contributed by atoms with Crippen molar-refractivity contribution in [3.05, 3.63) is 86.7 Å². The molecular formula is C22H21N3O3. The van der Waals surface area contributed by atoms with Crippen LogP contribution < -0.4 is 11.2 Å². The Morgan fingerprint density at radius 2 is 1.71 bits per heavy atom. The van der Waals surface area contributed by atoms with E-state index in [0.29, 0.717) is 16.6 Å². The van der Waals surface area contributed by atoms with E-state index in [1.807, 2.05) is 60.0 Å². The Kier molecular flexibility index (Phi) is 4.28. The molecule has 0 radical (unpaired) electrons. The van der Waals surface area contributed by atoms with E-state index in [9.17, 15) is 14.7 Å². The number of fused-ring (bicyclic) bond motifs is 1. The summed E-state index contributed by atoms with van der Waals surface area (Å²) in [4.78, 5) is 25.5. The fraction of sp³-hybridized carbons (Fsp3) is 0.182. The zero-order chi connectivity index (χ0) is 20.0. The first-order valence-electron chi connectivity index (χ1n) is 9.01. The van der Waals surface area contributed by atoms with Crippen molar-refractivity contribution in [2.45, 2.75) is 13.5 Å². The van der Waals surface area contributed by atoms with Crippen molar-refractivity contribution in [2.75, 3.05) is 0 Å². The third kappa shape index (κ3) is 2.61. The predicted molar refractivity (Wildman–Crippen MR) is 110 cm³/mol. The topological polar surface area (TPSA) is 69.2 Å². The minimum Gasteiger partial charge on any atom is -0.392 e. The maximum atomic E-state index is 13.1.